The molecule has 6 nitrogen and oxygen atoms in total. The smallest absolute Gasteiger partial charge is 0.253 e. The summed E-state index contributed by atoms with van der Waals surface area (Å²) >= 11 is 0. The van der Waals surface area contributed by atoms with Crippen LogP contribution in [0.15, 0.2) is 78.9 Å². The van der Waals surface area contributed by atoms with E-state index in [0.717, 1.165) is 42.9 Å². The van der Waals surface area contributed by atoms with Crippen LogP contribution in [0.3, 0.4) is 0 Å². The van der Waals surface area contributed by atoms with Crippen LogP contribution in [0.5, 0.6) is 5.75 Å². The van der Waals surface area contributed by atoms with Gasteiger partial charge >= 0.3 is 0 Å². The van der Waals surface area contributed by atoms with Gasteiger partial charge in [0, 0.05) is 30.0 Å². The standard InChI is InChI=1S/C28H33N3O3/c1-3-18-31(19-4-2)28(33)23-10-12-24(13-11-23)29-20-27(32)30-25-14-16-26(17-15-25)34-21-22-8-6-5-7-9-22/h5-17,29H,3-4,18-21H2,1-2H3,(H,30,32). The molecule has 0 spiro atoms. The number of carbonyl (C=O) groups excluding carboxylic acids is 2. The van der Waals surface area contributed by atoms with Crippen molar-refractivity contribution in [1.82, 2.24) is 4.90 Å². The van der Waals surface area contributed by atoms with Gasteiger partial charge in [0.15, 0.2) is 0 Å². The van der Waals surface area contributed by atoms with Crippen molar-refractivity contribution < 1.29 is 14.3 Å². The van der Waals surface area contributed by atoms with Gasteiger partial charge in [0.1, 0.15) is 12.4 Å². The summed E-state index contributed by atoms with van der Waals surface area (Å²) in [5, 5.41) is 5.97. The van der Waals surface area contributed by atoms with Crippen LogP contribution >= 0.6 is 0 Å². The Morgan fingerprint density at radius 1 is 0.794 bits per heavy atom. The molecule has 0 atom stereocenters. The Morgan fingerprint density at radius 2 is 1.41 bits per heavy atom. The molecule has 0 aromatic heterocycles. The summed E-state index contributed by atoms with van der Waals surface area (Å²) in [5.41, 5.74) is 3.25. The molecule has 34 heavy (non-hydrogen) atoms. The summed E-state index contributed by atoms with van der Waals surface area (Å²) in [6.45, 7) is 6.28. The van der Waals surface area contributed by atoms with Gasteiger partial charge in [-0.05, 0) is 66.9 Å². The van der Waals surface area contributed by atoms with Crippen molar-refractivity contribution in [2.45, 2.75) is 33.3 Å². The molecule has 6 heteroatoms. The Hall–Kier alpha value is -3.80. The van der Waals surface area contributed by atoms with Crippen LogP contribution in [0.4, 0.5) is 11.4 Å². The Morgan fingerprint density at radius 3 is 2.03 bits per heavy atom. The van der Waals surface area contributed by atoms with Crippen LogP contribution in [0.2, 0.25) is 0 Å². The minimum absolute atomic E-state index is 0.0455. The zero-order valence-electron chi connectivity index (χ0n) is 19.9. The minimum Gasteiger partial charge on any atom is -0.489 e. The number of ether oxygens (including phenoxy) is 1. The van der Waals surface area contributed by atoms with Crippen molar-refractivity contribution in [3.63, 3.8) is 0 Å². The van der Waals surface area contributed by atoms with E-state index in [0.29, 0.717) is 17.9 Å². The van der Waals surface area contributed by atoms with Crippen molar-refractivity contribution in [3.8, 4) is 5.75 Å². The predicted molar refractivity (Wildman–Crippen MR) is 137 cm³/mol. The van der Waals surface area contributed by atoms with Crippen LogP contribution in [0, 0.1) is 0 Å². The van der Waals surface area contributed by atoms with Crippen LogP contribution in [-0.2, 0) is 11.4 Å². The van der Waals surface area contributed by atoms with E-state index in [1.165, 1.54) is 0 Å². The molecule has 3 aromatic carbocycles. The number of amides is 2. The number of nitrogens with one attached hydrogen (secondary N) is 2. The molecule has 0 unspecified atom stereocenters. The lowest BCUT2D eigenvalue weighted by atomic mass is 10.1. The van der Waals surface area contributed by atoms with Crippen molar-refractivity contribution in [1.29, 1.82) is 0 Å². The molecule has 3 aromatic rings. The zero-order valence-corrected chi connectivity index (χ0v) is 19.9. The lowest BCUT2D eigenvalue weighted by Crippen LogP contribution is -2.32. The van der Waals surface area contributed by atoms with E-state index in [1.807, 2.05) is 71.6 Å². The van der Waals surface area contributed by atoms with Gasteiger partial charge in [-0.2, -0.15) is 0 Å². The number of benzene rings is 3. The first-order chi connectivity index (χ1) is 16.6. The molecule has 0 saturated heterocycles. The number of rotatable bonds is 12. The normalized spacial score (nSPS) is 10.4. The van der Waals surface area contributed by atoms with E-state index >= 15 is 0 Å². The predicted octanol–water partition coefficient (Wildman–Crippen LogP) is 5.58. The Bertz CT molecular complexity index is 1030. The third-order valence-corrected chi connectivity index (χ3v) is 5.25. The molecule has 0 heterocycles. The van der Waals surface area contributed by atoms with E-state index in [4.69, 9.17) is 4.74 Å². The third kappa shape index (κ3) is 7.66. The zero-order chi connectivity index (χ0) is 24.2. The maximum absolute atomic E-state index is 12.7. The monoisotopic (exact) mass is 459 g/mol. The second-order valence-corrected chi connectivity index (χ2v) is 8.07. The molecule has 0 aliphatic rings. The summed E-state index contributed by atoms with van der Waals surface area (Å²) < 4.78 is 5.77. The van der Waals surface area contributed by atoms with Crippen LogP contribution in [0.1, 0.15) is 42.6 Å². The number of carbonyl (C=O) groups is 2. The first kappa shape index (κ1) is 24.8. The summed E-state index contributed by atoms with van der Waals surface area (Å²) in [6.07, 6.45) is 1.87. The lowest BCUT2D eigenvalue weighted by molar-refractivity contribution is -0.114. The van der Waals surface area contributed by atoms with Crippen LogP contribution in [0.25, 0.3) is 0 Å². The van der Waals surface area contributed by atoms with Gasteiger partial charge in [-0.3, -0.25) is 9.59 Å². The number of hydrogen-bond acceptors (Lipinski definition) is 4. The highest BCUT2D eigenvalue weighted by molar-refractivity contribution is 5.95. The Labute approximate surface area is 201 Å². The molecular weight excluding hydrogens is 426 g/mol. The first-order valence-electron chi connectivity index (χ1n) is 11.8. The maximum Gasteiger partial charge on any atom is 0.253 e. The van der Waals surface area contributed by atoms with E-state index < -0.39 is 0 Å². The fraction of sp³-hybridized carbons (Fsp3) is 0.286. The lowest BCUT2D eigenvalue weighted by Gasteiger charge is -2.21. The average molecular weight is 460 g/mol. The molecule has 0 fully saturated rings. The van der Waals surface area contributed by atoms with Gasteiger partial charge in [-0.15, -0.1) is 0 Å². The number of nitrogens with zero attached hydrogens (tertiary/aromatic N) is 1. The largest absolute Gasteiger partial charge is 0.489 e. The summed E-state index contributed by atoms with van der Waals surface area (Å²) in [4.78, 5) is 26.9. The molecular formula is C28H33N3O3. The van der Waals surface area contributed by atoms with Gasteiger partial charge in [-0.25, -0.2) is 0 Å². The molecule has 2 amide bonds. The number of anilines is 2. The van der Waals surface area contributed by atoms with Crippen LogP contribution < -0.4 is 15.4 Å². The van der Waals surface area contributed by atoms with Crippen molar-refractivity contribution >= 4 is 23.2 Å². The maximum atomic E-state index is 12.7. The van der Waals surface area contributed by atoms with Gasteiger partial charge in [0.05, 0.1) is 6.54 Å². The van der Waals surface area contributed by atoms with Crippen LogP contribution in [-0.4, -0.2) is 36.3 Å². The summed E-state index contributed by atoms with van der Waals surface area (Å²) in [7, 11) is 0. The second kappa shape index (κ2) is 13.0. The van der Waals surface area contributed by atoms with E-state index in [2.05, 4.69) is 24.5 Å². The second-order valence-electron chi connectivity index (χ2n) is 8.07. The SMILES string of the molecule is CCCN(CCC)C(=O)c1ccc(NCC(=O)Nc2ccc(OCc3ccccc3)cc2)cc1. The molecule has 0 aliphatic heterocycles. The molecule has 3 rings (SSSR count). The highest BCUT2D eigenvalue weighted by atomic mass is 16.5. The molecule has 0 bridgehead atoms. The van der Waals surface area contributed by atoms with E-state index in [1.54, 1.807) is 12.1 Å². The highest BCUT2D eigenvalue weighted by Gasteiger charge is 2.14. The first-order valence-corrected chi connectivity index (χ1v) is 11.8. The van der Waals surface area contributed by atoms with E-state index in [-0.39, 0.29) is 18.4 Å². The van der Waals surface area contributed by atoms with Gasteiger partial charge in [-0.1, -0.05) is 44.2 Å². The molecule has 178 valence electrons. The van der Waals surface area contributed by atoms with Crippen molar-refractivity contribution in [2.75, 3.05) is 30.3 Å². The Balaban J connectivity index is 1.45. The molecule has 2 N–H and O–H groups in total. The van der Waals surface area contributed by atoms with Gasteiger partial charge in [0.25, 0.3) is 5.91 Å². The molecule has 0 radical (unpaired) electrons. The fourth-order valence-electron chi connectivity index (χ4n) is 3.53. The topological polar surface area (TPSA) is 70.7 Å². The third-order valence-electron chi connectivity index (χ3n) is 5.25. The summed E-state index contributed by atoms with van der Waals surface area (Å²) in [6, 6.07) is 24.5. The fourth-order valence-corrected chi connectivity index (χ4v) is 3.53. The molecule has 0 saturated carbocycles. The van der Waals surface area contributed by atoms with Gasteiger partial charge in [0.2, 0.25) is 5.91 Å². The summed E-state index contributed by atoms with van der Waals surface area (Å²) in [5.74, 6) is 0.630. The van der Waals surface area contributed by atoms with Crippen molar-refractivity contribution in [2.24, 2.45) is 0 Å². The quantitative estimate of drug-likeness (QED) is 0.371. The van der Waals surface area contributed by atoms with Crippen molar-refractivity contribution in [3.05, 3.63) is 90.0 Å². The minimum atomic E-state index is -0.157. The van der Waals surface area contributed by atoms with E-state index in [9.17, 15) is 9.59 Å². The highest BCUT2D eigenvalue weighted by Crippen LogP contribution is 2.17. The Kier molecular flexibility index (Phi) is 9.52. The average Bonchev–Trinajstić information content (AvgIpc) is 2.87. The molecule has 0 aliphatic carbocycles. The van der Waals surface area contributed by atoms with Gasteiger partial charge < -0.3 is 20.3 Å². The number of hydrogen-bond donors (Lipinski definition) is 2.